The van der Waals surface area contributed by atoms with E-state index in [-0.39, 0.29) is 5.91 Å². The van der Waals surface area contributed by atoms with Crippen molar-refractivity contribution in [2.75, 3.05) is 17.7 Å². The lowest BCUT2D eigenvalue weighted by Gasteiger charge is -2.05. The summed E-state index contributed by atoms with van der Waals surface area (Å²) in [5.74, 6) is 0.897. The monoisotopic (exact) mass is 336 g/mol. The van der Waals surface area contributed by atoms with Gasteiger partial charge in [-0.2, -0.15) is 0 Å². The minimum Gasteiger partial charge on any atom is -0.388 e. The molecule has 3 N–H and O–H groups in total. The van der Waals surface area contributed by atoms with Gasteiger partial charge in [0.2, 0.25) is 5.91 Å². The van der Waals surface area contributed by atoms with Crippen LogP contribution in [-0.2, 0) is 4.79 Å². The van der Waals surface area contributed by atoms with Gasteiger partial charge in [-0.1, -0.05) is 19.8 Å². The lowest BCUT2D eigenvalue weighted by atomic mass is 10.1. The number of anilines is 2. The molecule has 1 amide bonds. The first-order valence-corrected chi connectivity index (χ1v) is 8.77. The molecule has 0 bridgehead atoms. The molecule has 0 aliphatic carbocycles. The Morgan fingerprint density at radius 3 is 2.56 bits per heavy atom. The van der Waals surface area contributed by atoms with Crippen LogP contribution in [-0.4, -0.2) is 22.9 Å². The predicted octanol–water partition coefficient (Wildman–Crippen LogP) is 4.79. The third-order valence-corrected chi connectivity index (χ3v) is 4.22. The van der Waals surface area contributed by atoms with Crippen LogP contribution < -0.4 is 10.6 Å². The highest BCUT2D eigenvalue weighted by Gasteiger charge is 2.07. The minimum absolute atomic E-state index is 0.0736. The maximum Gasteiger partial charge on any atom is 0.224 e. The number of hydrogen-bond donors (Lipinski definition) is 3. The molecule has 0 radical (unpaired) electrons. The van der Waals surface area contributed by atoms with E-state index < -0.39 is 0 Å². The Hall–Kier alpha value is -2.82. The van der Waals surface area contributed by atoms with E-state index >= 15 is 0 Å². The van der Waals surface area contributed by atoms with Crippen LogP contribution in [0.15, 0.2) is 42.5 Å². The maximum atomic E-state index is 11.9. The van der Waals surface area contributed by atoms with Crippen LogP contribution in [0.4, 0.5) is 11.4 Å². The molecule has 0 aliphatic heterocycles. The molecule has 0 saturated heterocycles. The van der Waals surface area contributed by atoms with Crippen LogP contribution in [0, 0.1) is 0 Å². The Labute approximate surface area is 147 Å². The van der Waals surface area contributed by atoms with Gasteiger partial charge >= 0.3 is 0 Å². The summed E-state index contributed by atoms with van der Waals surface area (Å²) in [4.78, 5) is 19.9. The molecule has 1 heterocycles. The van der Waals surface area contributed by atoms with Gasteiger partial charge in [0, 0.05) is 30.4 Å². The average Bonchev–Trinajstić information content (AvgIpc) is 3.05. The molecular formula is C20H24N4O. The van der Waals surface area contributed by atoms with E-state index in [9.17, 15) is 4.79 Å². The van der Waals surface area contributed by atoms with Gasteiger partial charge in [-0.05, 0) is 48.9 Å². The zero-order valence-electron chi connectivity index (χ0n) is 14.7. The zero-order valence-corrected chi connectivity index (χ0v) is 14.7. The summed E-state index contributed by atoms with van der Waals surface area (Å²) in [5.41, 5.74) is 4.78. The number of carbonyl (C=O) groups excluding carboxylic acids is 1. The highest BCUT2D eigenvalue weighted by molar-refractivity contribution is 5.91. The highest BCUT2D eigenvalue weighted by Crippen LogP contribution is 2.24. The Kier molecular flexibility index (Phi) is 5.33. The third-order valence-electron chi connectivity index (χ3n) is 4.22. The van der Waals surface area contributed by atoms with Crippen molar-refractivity contribution < 1.29 is 4.79 Å². The van der Waals surface area contributed by atoms with Gasteiger partial charge in [0.1, 0.15) is 5.82 Å². The molecule has 3 rings (SSSR count). The van der Waals surface area contributed by atoms with E-state index in [1.54, 1.807) is 0 Å². The van der Waals surface area contributed by atoms with Gasteiger partial charge in [0.25, 0.3) is 0 Å². The van der Waals surface area contributed by atoms with Crippen LogP contribution in [0.1, 0.15) is 32.6 Å². The van der Waals surface area contributed by atoms with Gasteiger partial charge in [0.05, 0.1) is 11.0 Å². The fourth-order valence-corrected chi connectivity index (χ4v) is 2.77. The number of carbonyl (C=O) groups is 1. The molecule has 0 spiro atoms. The molecule has 5 nitrogen and oxygen atoms in total. The van der Waals surface area contributed by atoms with E-state index in [1.165, 1.54) is 0 Å². The first-order chi connectivity index (χ1) is 12.2. The number of aromatic amines is 1. The first-order valence-electron chi connectivity index (χ1n) is 8.77. The number of H-pyrrole nitrogens is 1. The molecule has 3 aromatic rings. The van der Waals surface area contributed by atoms with Crippen LogP contribution in [0.2, 0.25) is 0 Å². The van der Waals surface area contributed by atoms with Gasteiger partial charge in [-0.25, -0.2) is 4.98 Å². The second kappa shape index (κ2) is 7.83. The largest absolute Gasteiger partial charge is 0.388 e. The molecule has 0 saturated carbocycles. The fourth-order valence-electron chi connectivity index (χ4n) is 2.77. The summed E-state index contributed by atoms with van der Waals surface area (Å²) in [5, 5.41) is 6.07. The topological polar surface area (TPSA) is 69.8 Å². The molecule has 25 heavy (non-hydrogen) atoms. The second-order valence-corrected chi connectivity index (χ2v) is 6.15. The van der Waals surface area contributed by atoms with Crippen molar-refractivity contribution in [1.82, 2.24) is 9.97 Å². The van der Waals surface area contributed by atoms with Crippen molar-refractivity contribution >= 4 is 28.3 Å². The number of rotatable bonds is 7. The van der Waals surface area contributed by atoms with Crippen molar-refractivity contribution in [2.45, 2.75) is 32.6 Å². The zero-order chi connectivity index (χ0) is 17.6. The quantitative estimate of drug-likeness (QED) is 0.543. The van der Waals surface area contributed by atoms with Gasteiger partial charge < -0.3 is 15.6 Å². The number of nitrogens with zero attached hydrogens (tertiary/aromatic N) is 1. The van der Waals surface area contributed by atoms with Crippen molar-refractivity contribution in [3.05, 3.63) is 42.5 Å². The van der Waals surface area contributed by atoms with Crippen LogP contribution >= 0.6 is 0 Å². The van der Waals surface area contributed by atoms with Crippen LogP contribution in [0.25, 0.3) is 22.4 Å². The molecule has 0 aliphatic rings. The number of fused-ring (bicyclic) bond motifs is 1. The predicted molar refractivity (Wildman–Crippen MR) is 104 cm³/mol. The SMILES string of the molecule is CCCCCC(=O)Nc1ccc(-c2nc3ccc(NC)cc3[nH]2)cc1. The van der Waals surface area contributed by atoms with E-state index in [0.717, 1.165) is 53.1 Å². The number of hydrogen-bond acceptors (Lipinski definition) is 3. The number of benzene rings is 2. The second-order valence-electron chi connectivity index (χ2n) is 6.15. The Morgan fingerprint density at radius 2 is 1.84 bits per heavy atom. The maximum absolute atomic E-state index is 11.9. The summed E-state index contributed by atoms with van der Waals surface area (Å²) in [6.45, 7) is 2.13. The van der Waals surface area contributed by atoms with Crippen molar-refractivity contribution in [3.63, 3.8) is 0 Å². The first kappa shape index (κ1) is 17.0. The summed E-state index contributed by atoms with van der Waals surface area (Å²) < 4.78 is 0. The molecule has 2 aromatic carbocycles. The number of unbranched alkanes of at least 4 members (excludes halogenated alkanes) is 2. The number of amides is 1. The van der Waals surface area contributed by atoms with E-state index in [0.29, 0.717) is 6.42 Å². The molecule has 1 aromatic heterocycles. The lowest BCUT2D eigenvalue weighted by Crippen LogP contribution is -2.10. The summed E-state index contributed by atoms with van der Waals surface area (Å²) in [7, 11) is 1.90. The molecule has 0 unspecified atom stereocenters. The minimum atomic E-state index is 0.0736. The average molecular weight is 336 g/mol. The fraction of sp³-hybridized carbons (Fsp3) is 0.300. The normalized spacial score (nSPS) is 10.8. The number of imidazole rings is 1. The van der Waals surface area contributed by atoms with Gasteiger partial charge in [0.15, 0.2) is 0 Å². The third kappa shape index (κ3) is 4.18. The van der Waals surface area contributed by atoms with E-state index in [2.05, 4.69) is 27.5 Å². The van der Waals surface area contributed by atoms with E-state index in [1.807, 2.05) is 49.5 Å². The van der Waals surface area contributed by atoms with E-state index in [4.69, 9.17) is 0 Å². The summed E-state index contributed by atoms with van der Waals surface area (Å²) >= 11 is 0. The molecule has 130 valence electrons. The van der Waals surface area contributed by atoms with Crippen molar-refractivity contribution in [1.29, 1.82) is 0 Å². The Bertz CT molecular complexity index is 852. The molecule has 0 atom stereocenters. The standard InChI is InChI=1S/C20H24N4O/c1-3-4-5-6-19(25)22-15-9-7-14(8-10-15)20-23-17-12-11-16(21-2)13-18(17)24-20/h7-13,21H,3-6H2,1-2H3,(H,22,25)(H,23,24). The van der Waals surface area contributed by atoms with Gasteiger partial charge in [-0.3, -0.25) is 4.79 Å². The van der Waals surface area contributed by atoms with Crippen LogP contribution in [0.3, 0.4) is 0 Å². The van der Waals surface area contributed by atoms with Crippen LogP contribution in [0.5, 0.6) is 0 Å². The van der Waals surface area contributed by atoms with Crippen molar-refractivity contribution in [2.24, 2.45) is 0 Å². The molecule has 0 fully saturated rings. The number of nitrogens with one attached hydrogen (secondary N) is 3. The van der Waals surface area contributed by atoms with Crippen molar-refractivity contribution in [3.8, 4) is 11.4 Å². The Morgan fingerprint density at radius 1 is 1.08 bits per heavy atom. The smallest absolute Gasteiger partial charge is 0.224 e. The number of aromatic nitrogens is 2. The Balaban J connectivity index is 1.70. The highest BCUT2D eigenvalue weighted by atomic mass is 16.1. The summed E-state index contributed by atoms with van der Waals surface area (Å²) in [6.07, 6.45) is 3.73. The summed E-state index contributed by atoms with van der Waals surface area (Å²) in [6, 6.07) is 13.8. The van der Waals surface area contributed by atoms with Gasteiger partial charge in [-0.15, -0.1) is 0 Å². The molecule has 5 heteroatoms. The lowest BCUT2D eigenvalue weighted by molar-refractivity contribution is -0.116. The molecular weight excluding hydrogens is 312 g/mol.